The van der Waals surface area contributed by atoms with Crippen molar-refractivity contribution < 1.29 is 15.0 Å². The van der Waals surface area contributed by atoms with Gasteiger partial charge in [0.1, 0.15) is 0 Å². The summed E-state index contributed by atoms with van der Waals surface area (Å²) in [5.74, 6) is -0.397. The van der Waals surface area contributed by atoms with Crippen LogP contribution in [0.1, 0.15) is 97.3 Å². The molecule has 3 heteroatoms. The summed E-state index contributed by atoms with van der Waals surface area (Å²) in [6, 6.07) is 0. The van der Waals surface area contributed by atoms with Gasteiger partial charge in [-0.1, -0.05) is 71.6 Å². The van der Waals surface area contributed by atoms with E-state index in [1.165, 1.54) is 51.4 Å². The first kappa shape index (κ1) is 20.4. The van der Waals surface area contributed by atoms with Crippen molar-refractivity contribution >= 4 is 5.97 Å². The lowest BCUT2D eigenvalue weighted by atomic mass is 9.93. The predicted molar refractivity (Wildman–Crippen MR) is 88.5 cm³/mol. The standard InChI is InChI=1S/C18H36O3/c1-3-4-5-6-7-8-9-10-13-16(2)17(19)14-11-12-15-18(20)21/h16-17,19H,3-15H2,1-2H3,(H,20,21). The molecule has 0 fully saturated rings. The summed E-state index contributed by atoms with van der Waals surface area (Å²) in [4.78, 5) is 10.4. The number of hydrogen-bond acceptors (Lipinski definition) is 2. The molecule has 2 unspecified atom stereocenters. The molecule has 0 spiro atoms. The molecular formula is C18H36O3. The quantitative estimate of drug-likeness (QED) is 0.411. The van der Waals surface area contributed by atoms with E-state index >= 15 is 0 Å². The van der Waals surface area contributed by atoms with Crippen LogP contribution in [0.15, 0.2) is 0 Å². The molecule has 0 aliphatic heterocycles. The van der Waals surface area contributed by atoms with E-state index in [0.29, 0.717) is 12.3 Å². The van der Waals surface area contributed by atoms with Crippen molar-refractivity contribution in [3.63, 3.8) is 0 Å². The van der Waals surface area contributed by atoms with Crippen molar-refractivity contribution in [2.75, 3.05) is 0 Å². The van der Waals surface area contributed by atoms with Crippen LogP contribution in [0.2, 0.25) is 0 Å². The average molecular weight is 300 g/mol. The Morgan fingerprint density at radius 1 is 0.857 bits per heavy atom. The molecule has 0 aromatic carbocycles. The molecule has 0 heterocycles. The Labute approximate surface area is 131 Å². The highest BCUT2D eigenvalue weighted by Crippen LogP contribution is 2.19. The molecule has 3 nitrogen and oxygen atoms in total. The molecule has 0 bridgehead atoms. The van der Waals surface area contributed by atoms with Gasteiger partial charge in [-0.25, -0.2) is 0 Å². The number of aliphatic hydroxyl groups is 1. The maximum Gasteiger partial charge on any atom is 0.303 e. The lowest BCUT2D eigenvalue weighted by Gasteiger charge is -2.18. The Morgan fingerprint density at radius 3 is 1.95 bits per heavy atom. The lowest BCUT2D eigenvalue weighted by molar-refractivity contribution is -0.137. The Morgan fingerprint density at radius 2 is 1.38 bits per heavy atom. The van der Waals surface area contributed by atoms with Gasteiger partial charge in [-0.2, -0.15) is 0 Å². The number of carboxylic acids is 1. The van der Waals surface area contributed by atoms with Crippen LogP contribution in [-0.2, 0) is 4.79 Å². The molecule has 0 aromatic rings. The first-order valence-electron chi connectivity index (χ1n) is 8.97. The summed E-state index contributed by atoms with van der Waals surface area (Å²) < 4.78 is 0. The zero-order chi connectivity index (χ0) is 15.9. The fraction of sp³-hybridized carbons (Fsp3) is 0.944. The number of carbonyl (C=O) groups is 1. The van der Waals surface area contributed by atoms with Gasteiger partial charge in [0.25, 0.3) is 0 Å². The molecule has 0 aliphatic rings. The van der Waals surface area contributed by atoms with Crippen LogP contribution in [-0.4, -0.2) is 22.3 Å². The summed E-state index contributed by atoms with van der Waals surface area (Å²) in [6.07, 6.45) is 13.9. The summed E-state index contributed by atoms with van der Waals surface area (Å²) in [5.41, 5.74) is 0. The third-order valence-corrected chi connectivity index (χ3v) is 4.31. The molecule has 0 aliphatic carbocycles. The van der Waals surface area contributed by atoms with Crippen molar-refractivity contribution in [3.05, 3.63) is 0 Å². The molecule has 0 saturated carbocycles. The minimum atomic E-state index is -0.739. The van der Waals surface area contributed by atoms with Gasteiger partial charge in [-0.05, 0) is 25.2 Å². The number of unbranched alkanes of at least 4 members (excludes halogenated alkanes) is 8. The second-order valence-electron chi connectivity index (χ2n) is 6.45. The van der Waals surface area contributed by atoms with Gasteiger partial charge >= 0.3 is 5.97 Å². The molecule has 0 saturated heterocycles. The highest BCUT2D eigenvalue weighted by molar-refractivity contribution is 5.66. The van der Waals surface area contributed by atoms with Crippen LogP contribution in [0, 0.1) is 5.92 Å². The zero-order valence-electron chi connectivity index (χ0n) is 14.1. The monoisotopic (exact) mass is 300 g/mol. The van der Waals surface area contributed by atoms with Crippen LogP contribution in [0.25, 0.3) is 0 Å². The van der Waals surface area contributed by atoms with Gasteiger partial charge < -0.3 is 10.2 Å². The van der Waals surface area contributed by atoms with Crippen LogP contribution in [0.4, 0.5) is 0 Å². The van der Waals surface area contributed by atoms with E-state index in [9.17, 15) is 9.90 Å². The smallest absolute Gasteiger partial charge is 0.303 e. The average Bonchev–Trinajstić information content (AvgIpc) is 2.45. The number of rotatable bonds is 15. The summed E-state index contributed by atoms with van der Waals surface area (Å²) >= 11 is 0. The SMILES string of the molecule is CCCCCCCCCCC(C)C(O)CCCCC(=O)O. The van der Waals surface area contributed by atoms with E-state index in [4.69, 9.17) is 5.11 Å². The van der Waals surface area contributed by atoms with E-state index in [-0.39, 0.29) is 12.5 Å². The van der Waals surface area contributed by atoms with Crippen molar-refractivity contribution in [3.8, 4) is 0 Å². The fourth-order valence-electron chi connectivity index (χ4n) is 2.71. The maximum atomic E-state index is 10.4. The van der Waals surface area contributed by atoms with Gasteiger partial charge in [0.2, 0.25) is 0 Å². The first-order chi connectivity index (χ1) is 10.1. The van der Waals surface area contributed by atoms with Crippen molar-refractivity contribution in [1.29, 1.82) is 0 Å². The highest BCUT2D eigenvalue weighted by atomic mass is 16.4. The van der Waals surface area contributed by atoms with E-state index in [1.807, 2.05) is 0 Å². The number of carboxylic acid groups (broad SMARTS) is 1. The van der Waals surface area contributed by atoms with Crippen LogP contribution in [0.3, 0.4) is 0 Å². The highest BCUT2D eigenvalue weighted by Gasteiger charge is 2.13. The minimum absolute atomic E-state index is 0.221. The molecule has 126 valence electrons. The van der Waals surface area contributed by atoms with E-state index in [0.717, 1.165) is 19.3 Å². The van der Waals surface area contributed by atoms with Crippen LogP contribution in [0.5, 0.6) is 0 Å². The third kappa shape index (κ3) is 14.1. The Kier molecular flexibility index (Phi) is 14.0. The second kappa shape index (κ2) is 14.4. The van der Waals surface area contributed by atoms with Crippen molar-refractivity contribution in [2.45, 2.75) is 103 Å². The zero-order valence-corrected chi connectivity index (χ0v) is 14.1. The van der Waals surface area contributed by atoms with Gasteiger partial charge in [0.05, 0.1) is 6.10 Å². The number of hydrogen-bond donors (Lipinski definition) is 2. The molecule has 0 rings (SSSR count). The number of aliphatic carboxylic acids is 1. The third-order valence-electron chi connectivity index (χ3n) is 4.31. The lowest BCUT2D eigenvalue weighted by Crippen LogP contribution is -2.17. The van der Waals surface area contributed by atoms with E-state index in [2.05, 4.69) is 13.8 Å². The van der Waals surface area contributed by atoms with Crippen molar-refractivity contribution in [2.24, 2.45) is 5.92 Å². The summed E-state index contributed by atoms with van der Waals surface area (Å²) in [5, 5.41) is 18.6. The maximum absolute atomic E-state index is 10.4. The van der Waals surface area contributed by atoms with Gasteiger partial charge in [-0.3, -0.25) is 4.79 Å². The Hall–Kier alpha value is -0.570. The van der Waals surface area contributed by atoms with E-state index < -0.39 is 5.97 Å². The normalized spacial score (nSPS) is 14.0. The molecule has 0 radical (unpaired) electrons. The van der Waals surface area contributed by atoms with Gasteiger partial charge in [0, 0.05) is 6.42 Å². The largest absolute Gasteiger partial charge is 0.481 e. The molecule has 2 N–H and O–H groups in total. The van der Waals surface area contributed by atoms with Crippen molar-refractivity contribution in [1.82, 2.24) is 0 Å². The topological polar surface area (TPSA) is 57.5 Å². The first-order valence-corrected chi connectivity index (χ1v) is 8.97. The Bertz CT molecular complexity index is 241. The van der Waals surface area contributed by atoms with Gasteiger partial charge in [-0.15, -0.1) is 0 Å². The van der Waals surface area contributed by atoms with Crippen LogP contribution >= 0.6 is 0 Å². The predicted octanol–water partition coefficient (Wildman–Crippen LogP) is 5.16. The summed E-state index contributed by atoms with van der Waals surface area (Å²) in [7, 11) is 0. The summed E-state index contributed by atoms with van der Waals surface area (Å²) in [6.45, 7) is 4.36. The molecule has 0 aromatic heterocycles. The molecular weight excluding hydrogens is 264 g/mol. The van der Waals surface area contributed by atoms with E-state index in [1.54, 1.807) is 0 Å². The molecule has 2 atom stereocenters. The minimum Gasteiger partial charge on any atom is -0.481 e. The van der Waals surface area contributed by atoms with Gasteiger partial charge in [0.15, 0.2) is 0 Å². The number of aliphatic hydroxyl groups excluding tert-OH is 1. The Balaban J connectivity index is 3.38. The molecule has 0 amide bonds. The fourth-order valence-corrected chi connectivity index (χ4v) is 2.71. The molecule has 21 heavy (non-hydrogen) atoms. The second-order valence-corrected chi connectivity index (χ2v) is 6.45. The van der Waals surface area contributed by atoms with Crippen LogP contribution < -0.4 is 0 Å².